The van der Waals surface area contributed by atoms with Crippen molar-refractivity contribution in [1.82, 2.24) is 10.2 Å². The third-order valence-corrected chi connectivity index (χ3v) is 4.46. The fourth-order valence-corrected chi connectivity index (χ4v) is 3.13. The lowest BCUT2D eigenvalue weighted by atomic mass is 9.89. The summed E-state index contributed by atoms with van der Waals surface area (Å²) in [5, 5.41) is 3.69. The summed E-state index contributed by atoms with van der Waals surface area (Å²) in [4.78, 5) is 2.50. The van der Waals surface area contributed by atoms with Gasteiger partial charge in [0, 0.05) is 24.8 Å². The van der Waals surface area contributed by atoms with Crippen molar-refractivity contribution in [1.29, 1.82) is 0 Å². The minimum absolute atomic E-state index is 0.714. The highest BCUT2D eigenvalue weighted by molar-refractivity contribution is 5.16. The first-order chi connectivity index (χ1) is 7.77. The van der Waals surface area contributed by atoms with E-state index in [4.69, 9.17) is 0 Å². The lowest BCUT2D eigenvalue weighted by Crippen LogP contribution is -2.46. The monoisotopic (exact) mass is 218 g/mol. The first-order valence-corrected chi connectivity index (χ1v) is 6.59. The smallest absolute Gasteiger partial charge is 0.0360 e. The van der Waals surface area contributed by atoms with Crippen LogP contribution in [-0.2, 0) is 0 Å². The van der Waals surface area contributed by atoms with Crippen LogP contribution in [0.1, 0.15) is 32.6 Å². The maximum atomic E-state index is 3.69. The topological polar surface area (TPSA) is 15.3 Å². The Morgan fingerprint density at radius 3 is 3.06 bits per heavy atom. The Morgan fingerprint density at radius 1 is 1.44 bits per heavy atom. The zero-order chi connectivity index (χ0) is 11.0. The Bertz CT molecular complexity index is 326. The maximum absolute atomic E-state index is 3.69. The number of hydrogen-bond acceptors (Lipinski definition) is 2. The second-order valence-electron chi connectivity index (χ2n) is 5.75. The van der Waals surface area contributed by atoms with Crippen molar-refractivity contribution in [2.75, 3.05) is 19.6 Å². The van der Waals surface area contributed by atoms with Crippen LogP contribution >= 0.6 is 0 Å². The summed E-state index contributed by atoms with van der Waals surface area (Å²) < 4.78 is 0. The van der Waals surface area contributed by atoms with Gasteiger partial charge in [0.25, 0.3) is 0 Å². The maximum Gasteiger partial charge on any atom is 0.0360 e. The molecule has 88 valence electrons. The predicted molar refractivity (Wildman–Crippen MR) is 67.2 cm³/mol. The van der Waals surface area contributed by atoms with E-state index >= 15 is 0 Å². The molecule has 1 aliphatic carbocycles. The van der Waals surface area contributed by atoms with E-state index < -0.39 is 0 Å². The minimum Gasteiger partial charge on any atom is -0.370 e. The lowest BCUT2D eigenvalue weighted by molar-refractivity contribution is 0.229. The highest BCUT2D eigenvalue weighted by Crippen LogP contribution is 2.53. The van der Waals surface area contributed by atoms with Crippen molar-refractivity contribution in [3.63, 3.8) is 0 Å². The molecule has 0 radical (unpaired) electrons. The van der Waals surface area contributed by atoms with Crippen LogP contribution < -0.4 is 5.32 Å². The fraction of sp³-hybridized carbons (Fsp3) is 0.714. The summed E-state index contributed by atoms with van der Waals surface area (Å²) in [5.74, 6) is 0. The molecular formula is C14H22N2. The number of nitrogens with zero attached hydrogens (tertiary/aromatic N) is 1. The Hall–Kier alpha value is -0.760. The number of rotatable bonds is 2. The van der Waals surface area contributed by atoms with Gasteiger partial charge in [0.1, 0.15) is 0 Å². The third-order valence-electron chi connectivity index (χ3n) is 4.46. The molecule has 3 rings (SSSR count). The molecule has 0 amide bonds. The molecule has 3 aliphatic rings. The largest absolute Gasteiger partial charge is 0.370 e. The minimum atomic E-state index is 0.714. The average molecular weight is 218 g/mol. The number of allylic oxidation sites excluding steroid dienone is 3. The molecule has 2 heteroatoms. The number of hydrogen-bond donors (Lipinski definition) is 1. The van der Waals surface area contributed by atoms with Crippen LogP contribution in [0.25, 0.3) is 0 Å². The second-order valence-corrected chi connectivity index (χ2v) is 5.75. The molecule has 0 aromatic rings. The molecule has 0 aromatic heterocycles. The van der Waals surface area contributed by atoms with Crippen LogP contribution in [0.15, 0.2) is 23.9 Å². The molecule has 2 heterocycles. The summed E-state index contributed by atoms with van der Waals surface area (Å²) in [5.41, 5.74) is 2.18. The van der Waals surface area contributed by atoms with Gasteiger partial charge in [0.15, 0.2) is 0 Å². The summed E-state index contributed by atoms with van der Waals surface area (Å²) in [6.07, 6.45) is 12.4. The van der Waals surface area contributed by atoms with E-state index in [-0.39, 0.29) is 0 Å². The van der Waals surface area contributed by atoms with E-state index in [1.54, 1.807) is 0 Å². The van der Waals surface area contributed by atoms with Crippen molar-refractivity contribution in [3.8, 4) is 0 Å². The second kappa shape index (κ2) is 3.92. The summed E-state index contributed by atoms with van der Waals surface area (Å²) in [6.45, 7) is 5.73. The van der Waals surface area contributed by atoms with Crippen molar-refractivity contribution in [2.45, 2.75) is 38.6 Å². The number of nitrogens with one attached hydrogen (secondary N) is 1. The molecule has 0 aromatic carbocycles. The van der Waals surface area contributed by atoms with Gasteiger partial charge in [-0.05, 0) is 50.6 Å². The Balaban J connectivity index is 1.58. The zero-order valence-electron chi connectivity index (χ0n) is 10.2. The van der Waals surface area contributed by atoms with E-state index in [0.29, 0.717) is 6.04 Å². The predicted octanol–water partition coefficient (Wildman–Crippen LogP) is 2.29. The molecule has 2 aliphatic heterocycles. The van der Waals surface area contributed by atoms with Crippen LogP contribution in [-0.4, -0.2) is 30.6 Å². The van der Waals surface area contributed by atoms with Gasteiger partial charge in [-0.25, -0.2) is 0 Å². The summed E-state index contributed by atoms with van der Waals surface area (Å²) in [6, 6.07) is 0.714. The Labute approximate surface area is 98.4 Å². The molecule has 16 heavy (non-hydrogen) atoms. The molecule has 2 nitrogen and oxygen atoms in total. The lowest BCUT2D eigenvalue weighted by Gasteiger charge is -2.36. The highest BCUT2D eigenvalue weighted by atomic mass is 15.2. The standard InChI is InChI=1S/C14H22N2/c1-12-4-2-3-9-16(12)11-13-10-14(5-6-14)7-8-15-13/h2-4,13,15H,5-11H2,1H3. The molecule has 1 saturated heterocycles. The fourth-order valence-electron chi connectivity index (χ4n) is 3.13. The van der Waals surface area contributed by atoms with Gasteiger partial charge in [-0.3, -0.25) is 0 Å². The normalized spacial score (nSPS) is 31.7. The molecule has 1 N–H and O–H groups in total. The summed E-state index contributed by atoms with van der Waals surface area (Å²) in [7, 11) is 0. The zero-order valence-corrected chi connectivity index (χ0v) is 10.2. The van der Waals surface area contributed by atoms with Gasteiger partial charge in [-0.2, -0.15) is 0 Å². The Morgan fingerprint density at radius 2 is 2.31 bits per heavy atom. The quantitative estimate of drug-likeness (QED) is 0.765. The van der Waals surface area contributed by atoms with E-state index in [9.17, 15) is 0 Å². The molecule has 1 spiro atoms. The van der Waals surface area contributed by atoms with Crippen LogP contribution in [0.5, 0.6) is 0 Å². The average Bonchev–Trinajstić information content (AvgIpc) is 3.01. The van der Waals surface area contributed by atoms with Crippen LogP contribution in [0.4, 0.5) is 0 Å². The van der Waals surface area contributed by atoms with Gasteiger partial charge >= 0.3 is 0 Å². The summed E-state index contributed by atoms with van der Waals surface area (Å²) >= 11 is 0. The molecule has 1 saturated carbocycles. The van der Waals surface area contributed by atoms with Crippen molar-refractivity contribution < 1.29 is 0 Å². The van der Waals surface area contributed by atoms with E-state index in [2.05, 4.69) is 35.4 Å². The molecular weight excluding hydrogens is 196 g/mol. The number of piperidine rings is 1. The van der Waals surface area contributed by atoms with Crippen molar-refractivity contribution in [3.05, 3.63) is 23.9 Å². The van der Waals surface area contributed by atoms with Gasteiger partial charge in [-0.15, -0.1) is 0 Å². The van der Waals surface area contributed by atoms with Gasteiger partial charge in [0.2, 0.25) is 0 Å². The van der Waals surface area contributed by atoms with E-state index in [0.717, 1.165) is 12.0 Å². The van der Waals surface area contributed by atoms with E-state index in [1.807, 2.05) is 0 Å². The van der Waals surface area contributed by atoms with Gasteiger partial charge < -0.3 is 10.2 Å². The molecule has 0 bridgehead atoms. The van der Waals surface area contributed by atoms with Crippen molar-refractivity contribution >= 4 is 0 Å². The SMILES string of the molecule is CC1=CC=CCN1CC1CC2(CCN1)CC2. The first-order valence-electron chi connectivity index (χ1n) is 6.59. The Kier molecular flexibility index (Phi) is 2.55. The van der Waals surface area contributed by atoms with Gasteiger partial charge in [-0.1, -0.05) is 12.2 Å². The first kappa shape index (κ1) is 10.4. The molecule has 2 fully saturated rings. The van der Waals surface area contributed by atoms with Crippen LogP contribution in [0.2, 0.25) is 0 Å². The highest BCUT2D eigenvalue weighted by Gasteiger charge is 2.45. The van der Waals surface area contributed by atoms with Crippen LogP contribution in [0.3, 0.4) is 0 Å². The van der Waals surface area contributed by atoms with Crippen LogP contribution in [0, 0.1) is 5.41 Å². The van der Waals surface area contributed by atoms with Crippen molar-refractivity contribution in [2.24, 2.45) is 5.41 Å². The molecule has 1 atom stereocenters. The van der Waals surface area contributed by atoms with Gasteiger partial charge in [0.05, 0.1) is 0 Å². The molecule has 1 unspecified atom stereocenters. The van der Waals surface area contributed by atoms with E-state index in [1.165, 1.54) is 44.5 Å². The third kappa shape index (κ3) is 2.03.